The minimum absolute atomic E-state index is 0.0303. The van der Waals surface area contributed by atoms with Crippen molar-refractivity contribution >= 4 is 16.9 Å². The number of aromatic amines is 1. The average Bonchev–Trinajstić information content (AvgIpc) is 3.20. The smallest absolute Gasteiger partial charge is 0.253 e. The summed E-state index contributed by atoms with van der Waals surface area (Å²) in [6.45, 7) is 3.46. The maximum atomic E-state index is 12.8. The molecule has 1 aliphatic carbocycles. The molecule has 1 amide bonds. The van der Waals surface area contributed by atoms with E-state index in [1.807, 2.05) is 17.9 Å². The van der Waals surface area contributed by atoms with Crippen LogP contribution in [0.1, 0.15) is 43.0 Å². The van der Waals surface area contributed by atoms with Crippen LogP contribution in [0.3, 0.4) is 0 Å². The summed E-state index contributed by atoms with van der Waals surface area (Å²) >= 11 is 0. The molecule has 0 radical (unpaired) electrons. The fraction of sp³-hybridized carbons (Fsp3) is 0.588. The van der Waals surface area contributed by atoms with Crippen LogP contribution in [0.15, 0.2) is 18.2 Å². The molecule has 23 heavy (non-hydrogen) atoms. The third kappa shape index (κ3) is 2.32. The van der Waals surface area contributed by atoms with Gasteiger partial charge in [0, 0.05) is 24.6 Å². The zero-order valence-corrected chi connectivity index (χ0v) is 13.3. The van der Waals surface area contributed by atoms with Crippen molar-refractivity contribution in [2.24, 2.45) is 11.8 Å². The average molecular weight is 314 g/mol. The molecule has 1 aromatic carbocycles. The van der Waals surface area contributed by atoms with E-state index in [1.165, 1.54) is 0 Å². The molecule has 6 heteroatoms. The zero-order valence-electron chi connectivity index (χ0n) is 13.3. The molecular weight excluding hydrogens is 292 g/mol. The van der Waals surface area contributed by atoms with Crippen LogP contribution in [0, 0.1) is 11.8 Å². The van der Waals surface area contributed by atoms with Crippen molar-refractivity contribution < 1.29 is 9.90 Å². The number of aromatic nitrogens is 3. The SMILES string of the molecule is CC[C@]1(O)CCC[C@H]2CN(C(=O)c3ccc4n[nH]nc4c3)C[C@H]21. The van der Waals surface area contributed by atoms with Crippen LogP contribution in [0.4, 0.5) is 0 Å². The molecule has 3 atom stereocenters. The van der Waals surface area contributed by atoms with Gasteiger partial charge in [0.25, 0.3) is 5.91 Å². The number of benzene rings is 1. The summed E-state index contributed by atoms with van der Waals surface area (Å²) in [4.78, 5) is 14.7. The summed E-state index contributed by atoms with van der Waals surface area (Å²) in [6, 6.07) is 5.41. The van der Waals surface area contributed by atoms with Gasteiger partial charge in [-0.25, -0.2) is 0 Å². The monoisotopic (exact) mass is 314 g/mol. The molecule has 122 valence electrons. The number of amides is 1. The quantitative estimate of drug-likeness (QED) is 0.888. The summed E-state index contributed by atoms with van der Waals surface area (Å²) in [5.41, 5.74) is 1.51. The van der Waals surface area contributed by atoms with Gasteiger partial charge in [-0.3, -0.25) is 4.79 Å². The van der Waals surface area contributed by atoms with Crippen molar-refractivity contribution in [2.45, 2.75) is 38.2 Å². The molecule has 2 aromatic rings. The normalized spacial score (nSPS) is 30.6. The van der Waals surface area contributed by atoms with E-state index in [9.17, 15) is 9.90 Å². The highest BCUT2D eigenvalue weighted by atomic mass is 16.3. The largest absolute Gasteiger partial charge is 0.390 e. The van der Waals surface area contributed by atoms with E-state index in [0.29, 0.717) is 23.5 Å². The van der Waals surface area contributed by atoms with Gasteiger partial charge in [0.15, 0.2) is 0 Å². The maximum absolute atomic E-state index is 12.8. The van der Waals surface area contributed by atoms with Crippen LogP contribution < -0.4 is 0 Å². The Kier molecular flexibility index (Phi) is 3.37. The van der Waals surface area contributed by atoms with Crippen molar-refractivity contribution in [1.82, 2.24) is 20.3 Å². The summed E-state index contributed by atoms with van der Waals surface area (Å²) < 4.78 is 0. The highest BCUT2D eigenvalue weighted by Gasteiger charge is 2.48. The second-order valence-corrected chi connectivity index (χ2v) is 6.95. The molecule has 1 saturated heterocycles. The Labute approximate surface area is 134 Å². The number of aliphatic hydroxyl groups is 1. The van der Waals surface area contributed by atoms with Crippen molar-refractivity contribution in [3.63, 3.8) is 0 Å². The van der Waals surface area contributed by atoms with E-state index in [1.54, 1.807) is 12.1 Å². The Morgan fingerprint density at radius 2 is 2.22 bits per heavy atom. The molecule has 0 unspecified atom stereocenters. The number of carbonyl (C=O) groups excluding carboxylic acids is 1. The van der Waals surface area contributed by atoms with Gasteiger partial charge in [-0.05, 0) is 43.4 Å². The van der Waals surface area contributed by atoms with Crippen LogP contribution in [0.2, 0.25) is 0 Å². The van der Waals surface area contributed by atoms with E-state index < -0.39 is 5.60 Å². The van der Waals surface area contributed by atoms with Crippen LogP contribution in [-0.4, -0.2) is 50.0 Å². The lowest BCUT2D eigenvalue weighted by Gasteiger charge is -2.40. The number of carbonyl (C=O) groups is 1. The van der Waals surface area contributed by atoms with Crippen molar-refractivity contribution in [3.05, 3.63) is 23.8 Å². The van der Waals surface area contributed by atoms with Gasteiger partial charge in [-0.1, -0.05) is 13.3 Å². The zero-order chi connectivity index (χ0) is 16.0. The second-order valence-electron chi connectivity index (χ2n) is 6.95. The van der Waals surface area contributed by atoms with Crippen molar-refractivity contribution in [3.8, 4) is 0 Å². The van der Waals surface area contributed by atoms with Gasteiger partial charge in [0.05, 0.1) is 5.60 Å². The highest BCUT2D eigenvalue weighted by molar-refractivity contribution is 5.97. The van der Waals surface area contributed by atoms with Gasteiger partial charge in [0.2, 0.25) is 0 Å². The van der Waals surface area contributed by atoms with Gasteiger partial charge in [0.1, 0.15) is 11.0 Å². The Hall–Kier alpha value is -1.95. The van der Waals surface area contributed by atoms with Crippen molar-refractivity contribution in [1.29, 1.82) is 0 Å². The van der Waals surface area contributed by atoms with Crippen LogP contribution in [-0.2, 0) is 0 Å². The predicted octanol–water partition coefficient (Wildman–Crippen LogP) is 1.97. The van der Waals surface area contributed by atoms with E-state index >= 15 is 0 Å². The standard InChI is InChI=1S/C17H22N4O2/c1-2-17(23)7-3-4-12-9-21(10-13(12)17)16(22)11-5-6-14-15(8-11)19-20-18-14/h5-6,8,12-13,23H,2-4,7,9-10H2,1H3,(H,18,19,20)/t12-,13+,17-/m0/s1. The Morgan fingerprint density at radius 1 is 1.39 bits per heavy atom. The summed E-state index contributed by atoms with van der Waals surface area (Å²) in [6.07, 6.45) is 3.79. The van der Waals surface area contributed by atoms with E-state index in [4.69, 9.17) is 0 Å². The second kappa shape index (κ2) is 5.30. The van der Waals surface area contributed by atoms with Gasteiger partial charge >= 0.3 is 0 Å². The summed E-state index contributed by atoms with van der Waals surface area (Å²) in [5, 5.41) is 21.5. The Balaban J connectivity index is 1.57. The molecule has 2 aliphatic rings. The topological polar surface area (TPSA) is 82.1 Å². The third-order valence-corrected chi connectivity index (χ3v) is 5.78. The lowest BCUT2D eigenvalue weighted by molar-refractivity contribution is -0.0609. The number of nitrogens with one attached hydrogen (secondary N) is 1. The minimum atomic E-state index is -0.603. The first-order valence-corrected chi connectivity index (χ1v) is 8.43. The minimum Gasteiger partial charge on any atom is -0.390 e. The summed E-state index contributed by atoms with van der Waals surface area (Å²) in [7, 11) is 0. The first-order chi connectivity index (χ1) is 11.1. The van der Waals surface area contributed by atoms with Crippen molar-refractivity contribution in [2.75, 3.05) is 13.1 Å². The Bertz CT molecular complexity index is 743. The first kappa shape index (κ1) is 14.6. The summed E-state index contributed by atoms with van der Waals surface area (Å²) in [5.74, 6) is 0.664. The predicted molar refractivity (Wildman–Crippen MR) is 85.9 cm³/mol. The fourth-order valence-electron chi connectivity index (χ4n) is 4.39. The van der Waals surface area contributed by atoms with Gasteiger partial charge in [-0.15, -0.1) is 0 Å². The number of likely N-dealkylation sites (tertiary alicyclic amines) is 1. The van der Waals surface area contributed by atoms with E-state index in [2.05, 4.69) is 15.4 Å². The molecule has 1 aliphatic heterocycles. The molecule has 2 N–H and O–H groups in total. The highest BCUT2D eigenvalue weighted by Crippen LogP contribution is 2.44. The molecule has 0 bridgehead atoms. The van der Waals surface area contributed by atoms with E-state index in [-0.39, 0.29) is 11.8 Å². The lowest BCUT2D eigenvalue weighted by atomic mass is 9.69. The van der Waals surface area contributed by atoms with Crippen LogP contribution in [0.25, 0.3) is 11.0 Å². The molecule has 4 rings (SSSR count). The molecule has 1 saturated carbocycles. The molecular formula is C17H22N4O2. The number of nitrogens with zero attached hydrogens (tertiary/aromatic N) is 3. The number of rotatable bonds is 2. The van der Waals surface area contributed by atoms with E-state index in [0.717, 1.165) is 37.7 Å². The van der Waals surface area contributed by atoms with Crippen LogP contribution in [0.5, 0.6) is 0 Å². The van der Waals surface area contributed by atoms with Gasteiger partial charge in [-0.2, -0.15) is 15.4 Å². The third-order valence-electron chi connectivity index (χ3n) is 5.78. The number of hydrogen-bond acceptors (Lipinski definition) is 4. The van der Waals surface area contributed by atoms with Crippen LogP contribution >= 0.6 is 0 Å². The molecule has 0 spiro atoms. The Morgan fingerprint density at radius 3 is 3.04 bits per heavy atom. The van der Waals surface area contributed by atoms with Gasteiger partial charge < -0.3 is 10.0 Å². The number of fused-ring (bicyclic) bond motifs is 2. The molecule has 1 aromatic heterocycles. The number of H-pyrrole nitrogens is 1. The number of hydrogen-bond donors (Lipinski definition) is 2. The first-order valence-electron chi connectivity index (χ1n) is 8.43. The molecule has 2 fully saturated rings. The molecule has 6 nitrogen and oxygen atoms in total. The lowest BCUT2D eigenvalue weighted by Crippen LogP contribution is -2.44. The molecule has 2 heterocycles. The fourth-order valence-corrected chi connectivity index (χ4v) is 4.39. The maximum Gasteiger partial charge on any atom is 0.253 e.